The number of fused-ring (bicyclic) bond motifs is 1. The molecule has 0 aliphatic carbocycles. The van der Waals surface area contributed by atoms with Crippen molar-refractivity contribution < 1.29 is 9.59 Å². The molecule has 0 bridgehead atoms. The van der Waals surface area contributed by atoms with Gasteiger partial charge in [0, 0.05) is 17.5 Å². The van der Waals surface area contributed by atoms with E-state index in [4.69, 9.17) is 11.6 Å². The zero-order valence-corrected chi connectivity index (χ0v) is 14.0. The smallest absolute Gasteiger partial charge is 0.234 e. The van der Waals surface area contributed by atoms with Gasteiger partial charge in [-0.2, -0.15) is 0 Å². The summed E-state index contributed by atoms with van der Waals surface area (Å²) in [5.41, 5.74) is 1.62. The van der Waals surface area contributed by atoms with Gasteiger partial charge in [-0.25, -0.2) is 9.97 Å². The summed E-state index contributed by atoms with van der Waals surface area (Å²) in [6.07, 6.45) is 1.25. The Labute approximate surface area is 149 Å². The summed E-state index contributed by atoms with van der Waals surface area (Å²) in [7, 11) is 0. The highest BCUT2D eigenvalue weighted by molar-refractivity contribution is 6.17. The van der Waals surface area contributed by atoms with E-state index in [1.54, 1.807) is 24.4 Å². The Morgan fingerprint density at radius 1 is 0.920 bits per heavy atom. The van der Waals surface area contributed by atoms with Crippen LogP contribution in [0.15, 0.2) is 54.7 Å². The molecule has 3 aromatic rings. The van der Waals surface area contributed by atoms with Gasteiger partial charge in [-0.3, -0.25) is 9.59 Å². The largest absolute Gasteiger partial charge is 0.310 e. The number of anilines is 2. The number of nitrogens with one attached hydrogen (secondary N) is 2. The minimum Gasteiger partial charge on any atom is -0.310 e. The fourth-order valence-electron chi connectivity index (χ4n) is 2.23. The summed E-state index contributed by atoms with van der Waals surface area (Å²) < 4.78 is 0. The highest BCUT2D eigenvalue weighted by Crippen LogP contribution is 2.14. The Hall–Kier alpha value is -2.99. The molecule has 3 rings (SSSR count). The monoisotopic (exact) mass is 354 g/mol. The Kier molecular flexibility index (Phi) is 5.20. The standard InChI is InChI=1S/C18H15ClN4O2/c19-10-12-5-7-15(20-11-12)22-17(24)9-18(25)23-16-8-6-13-3-1-2-4-14(13)21-16/h1-8,11H,9-10H2,(H,20,22,24)(H,21,23,25). The van der Waals surface area contributed by atoms with Gasteiger partial charge in [-0.15, -0.1) is 11.6 Å². The van der Waals surface area contributed by atoms with Crippen LogP contribution in [0.4, 0.5) is 11.6 Å². The van der Waals surface area contributed by atoms with E-state index in [9.17, 15) is 9.59 Å². The van der Waals surface area contributed by atoms with Crippen molar-refractivity contribution >= 4 is 46.0 Å². The molecule has 0 fully saturated rings. The second-order valence-corrected chi connectivity index (χ2v) is 5.61. The van der Waals surface area contributed by atoms with Crippen LogP contribution >= 0.6 is 11.6 Å². The minimum atomic E-state index is -0.454. The van der Waals surface area contributed by atoms with Gasteiger partial charge in [-0.05, 0) is 29.8 Å². The molecule has 1 aromatic carbocycles. The highest BCUT2D eigenvalue weighted by Gasteiger charge is 2.11. The molecule has 0 spiro atoms. The summed E-state index contributed by atoms with van der Waals surface area (Å²) >= 11 is 5.68. The molecule has 6 nitrogen and oxygen atoms in total. The van der Waals surface area contributed by atoms with Crippen LogP contribution in [0.3, 0.4) is 0 Å². The number of nitrogens with zero attached hydrogens (tertiary/aromatic N) is 2. The predicted molar refractivity (Wildman–Crippen MR) is 97.4 cm³/mol. The van der Waals surface area contributed by atoms with Crippen molar-refractivity contribution in [3.63, 3.8) is 0 Å². The summed E-state index contributed by atoms with van der Waals surface area (Å²) in [6.45, 7) is 0. The quantitative estimate of drug-likeness (QED) is 0.543. The lowest BCUT2D eigenvalue weighted by molar-refractivity contribution is -0.123. The number of aromatic nitrogens is 2. The summed E-state index contributed by atoms with van der Waals surface area (Å²) in [6, 6.07) is 14.5. The van der Waals surface area contributed by atoms with E-state index in [1.807, 2.05) is 30.3 Å². The van der Waals surface area contributed by atoms with Crippen LogP contribution in [0.5, 0.6) is 0 Å². The molecule has 0 saturated carbocycles. The number of para-hydroxylation sites is 1. The third kappa shape index (κ3) is 4.51. The Balaban J connectivity index is 1.57. The van der Waals surface area contributed by atoms with Crippen molar-refractivity contribution in [3.8, 4) is 0 Å². The van der Waals surface area contributed by atoms with Crippen LogP contribution in [0.2, 0.25) is 0 Å². The van der Waals surface area contributed by atoms with Gasteiger partial charge < -0.3 is 10.6 Å². The van der Waals surface area contributed by atoms with Crippen LogP contribution in [0, 0.1) is 0 Å². The van der Waals surface area contributed by atoms with E-state index in [2.05, 4.69) is 20.6 Å². The van der Waals surface area contributed by atoms with Gasteiger partial charge in [-0.1, -0.05) is 24.3 Å². The predicted octanol–water partition coefficient (Wildman–Crippen LogP) is 3.34. The van der Waals surface area contributed by atoms with E-state index in [0.717, 1.165) is 16.5 Å². The summed E-state index contributed by atoms with van der Waals surface area (Å²) in [5, 5.41) is 6.16. The molecule has 2 aromatic heterocycles. The average Bonchev–Trinajstić information content (AvgIpc) is 2.62. The second-order valence-electron chi connectivity index (χ2n) is 5.35. The lowest BCUT2D eigenvalue weighted by atomic mass is 10.2. The van der Waals surface area contributed by atoms with E-state index in [0.29, 0.717) is 17.5 Å². The molecular formula is C18H15ClN4O2. The van der Waals surface area contributed by atoms with Crippen molar-refractivity contribution in [1.82, 2.24) is 9.97 Å². The van der Waals surface area contributed by atoms with Gasteiger partial charge in [0.1, 0.15) is 18.1 Å². The molecule has 126 valence electrons. The zero-order chi connectivity index (χ0) is 17.6. The van der Waals surface area contributed by atoms with Crippen molar-refractivity contribution in [2.24, 2.45) is 0 Å². The van der Waals surface area contributed by atoms with Gasteiger partial charge in [0.15, 0.2) is 0 Å². The molecule has 0 atom stereocenters. The molecule has 2 N–H and O–H groups in total. The molecule has 2 amide bonds. The average molecular weight is 355 g/mol. The van der Waals surface area contributed by atoms with E-state index < -0.39 is 11.8 Å². The molecule has 2 heterocycles. The molecule has 25 heavy (non-hydrogen) atoms. The fourth-order valence-corrected chi connectivity index (χ4v) is 2.39. The van der Waals surface area contributed by atoms with E-state index >= 15 is 0 Å². The van der Waals surface area contributed by atoms with Gasteiger partial charge in [0.05, 0.1) is 5.52 Å². The highest BCUT2D eigenvalue weighted by atomic mass is 35.5. The molecule has 0 saturated heterocycles. The van der Waals surface area contributed by atoms with Crippen molar-refractivity contribution in [2.45, 2.75) is 12.3 Å². The molecule has 7 heteroatoms. The summed E-state index contributed by atoms with van der Waals surface area (Å²) in [5.74, 6) is 0.223. The van der Waals surface area contributed by atoms with Gasteiger partial charge in [0.2, 0.25) is 11.8 Å². The van der Waals surface area contributed by atoms with E-state index in [1.165, 1.54) is 0 Å². The summed E-state index contributed by atoms with van der Waals surface area (Å²) in [4.78, 5) is 32.3. The molecule has 0 aliphatic heterocycles. The molecular weight excluding hydrogens is 340 g/mol. The molecule has 0 unspecified atom stereocenters. The normalized spacial score (nSPS) is 10.4. The number of alkyl halides is 1. The van der Waals surface area contributed by atoms with Crippen LogP contribution < -0.4 is 10.6 Å². The van der Waals surface area contributed by atoms with Gasteiger partial charge in [0.25, 0.3) is 0 Å². The lowest BCUT2D eigenvalue weighted by Crippen LogP contribution is -2.22. The van der Waals surface area contributed by atoms with Crippen molar-refractivity contribution in [1.29, 1.82) is 0 Å². The fraction of sp³-hybridized carbons (Fsp3) is 0.111. The number of carbonyl (C=O) groups is 2. The maximum Gasteiger partial charge on any atom is 0.234 e. The Morgan fingerprint density at radius 3 is 2.36 bits per heavy atom. The maximum atomic E-state index is 12.0. The van der Waals surface area contributed by atoms with Crippen LogP contribution in [0.1, 0.15) is 12.0 Å². The third-order valence-electron chi connectivity index (χ3n) is 3.43. The number of pyridine rings is 2. The number of amides is 2. The number of hydrogen-bond acceptors (Lipinski definition) is 4. The molecule has 0 radical (unpaired) electrons. The topological polar surface area (TPSA) is 84.0 Å². The van der Waals surface area contributed by atoms with E-state index in [-0.39, 0.29) is 6.42 Å². The zero-order valence-electron chi connectivity index (χ0n) is 13.2. The first-order valence-corrected chi connectivity index (χ1v) is 8.14. The number of carbonyl (C=O) groups excluding carboxylic acids is 2. The van der Waals surface area contributed by atoms with Crippen LogP contribution in [-0.2, 0) is 15.5 Å². The SMILES string of the molecule is O=C(CC(=O)Nc1ccc2ccccc2n1)Nc1ccc(CCl)cn1. The first-order chi connectivity index (χ1) is 12.1. The van der Waals surface area contributed by atoms with Crippen LogP contribution in [-0.4, -0.2) is 21.8 Å². The van der Waals surface area contributed by atoms with Crippen molar-refractivity contribution in [3.05, 3.63) is 60.3 Å². The number of benzene rings is 1. The Bertz CT molecular complexity index is 912. The maximum absolute atomic E-state index is 12.0. The number of hydrogen-bond donors (Lipinski definition) is 2. The Morgan fingerprint density at radius 2 is 1.64 bits per heavy atom. The van der Waals surface area contributed by atoms with Crippen LogP contribution in [0.25, 0.3) is 10.9 Å². The lowest BCUT2D eigenvalue weighted by Gasteiger charge is -2.07. The second kappa shape index (κ2) is 7.72. The third-order valence-corrected chi connectivity index (χ3v) is 3.74. The van der Waals surface area contributed by atoms with Crippen molar-refractivity contribution in [2.75, 3.05) is 10.6 Å². The molecule has 0 aliphatic rings. The number of halogens is 1. The first kappa shape index (κ1) is 16.9. The first-order valence-electron chi connectivity index (χ1n) is 7.60. The number of rotatable bonds is 5. The minimum absolute atomic E-state index is 0.326. The van der Waals surface area contributed by atoms with Gasteiger partial charge >= 0.3 is 0 Å².